The Bertz CT molecular complexity index is 477. The Morgan fingerprint density at radius 1 is 1.28 bits per heavy atom. The highest BCUT2D eigenvalue weighted by Crippen LogP contribution is 2.22. The van der Waals surface area contributed by atoms with E-state index in [9.17, 15) is 8.42 Å². The number of nitrogens with one attached hydrogen (secondary N) is 2. The minimum absolute atomic E-state index is 0.235. The molecule has 0 aliphatic carbocycles. The maximum absolute atomic E-state index is 10.9. The molecular formula is C12H19BrN2O2S. The van der Waals surface area contributed by atoms with Gasteiger partial charge in [0, 0.05) is 17.1 Å². The smallest absolute Gasteiger partial charge is 0.208 e. The quantitative estimate of drug-likeness (QED) is 0.750. The van der Waals surface area contributed by atoms with E-state index < -0.39 is 10.0 Å². The van der Waals surface area contributed by atoms with E-state index in [-0.39, 0.29) is 6.04 Å². The van der Waals surface area contributed by atoms with Crippen molar-refractivity contribution in [2.45, 2.75) is 19.4 Å². The molecule has 0 radical (unpaired) electrons. The van der Waals surface area contributed by atoms with Crippen LogP contribution in [-0.4, -0.2) is 27.8 Å². The first-order valence-electron chi connectivity index (χ1n) is 5.82. The van der Waals surface area contributed by atoms with Gasteiger partial charge in [-0.25, -0.2) is 13.1 Å². The number of benzene rings is 1. The Morgan fingerprint density at radius 3 is 2.56 bits per heavy atom. The highest BCUT2D eigenvalue weighted by Gasteiger charge is 2.07. The van der Waals surface area contributed by atoms with E-state index in [1.165, 1.54) is 11.8 Å². The molecule has 18 heavy (non-hydrogen) atoms. The second-order valence-electron chi connectivity index (χ2n) is 4.22. The molecule has 2 N–H and O–H groups in total. The number of hydrogen-bond donors (Lipinski definition) is 2. The molecule has 0 fully saturated rings. The molecule has 0 saturated carbocycles. The van der Waals surface area contributed by atoms with Crippen molar-refractivity contribution in [2.24, 2.45) is 0 Å². The van der Waals surface area contributed by atoms with Crippen LogP contribution in [0.2, 0.25) is 0 Å². The molecule has 0 aliphatic rings. The highest BCUT2D eigenvalue weighted by atomic mass is 79.9. The van der Waals surface area contributed by atoms with Crippen LogP contribution in [0.1, 0.15) is 24.9 Å². The molecule has 0 aromatic heterocycles. The Morgan fingerprint density at radius 2 is 1.94 bits per heavy atom. The van der Waals surface area contributed by atoms with Gasteiger partial charge in [0.1, 0.15) is 0 Å². The van der Waals surface area contributed by atoms with E-state index in [1.807, 2.05) is 18.2 Å². The van der Waals surface area contributed by atoms with Crippen molar-refractivity contribution in [1.82, 2.24) is 10.0 Å². The van der Waals surface area contributed by atoms with Crippen molar-refractivity contribution < 1.29 is 8.42 Å². The maximum Gasteiger partial charge on any atom is 0.208 e. The number of halogens is 1. The second-order valence-corrected chi connectivity index (χ2v) is 6.90. The van der Waals surface area contributed by atoms with E-state index in [4.69, 9.17) is 0 Å². The lowest BCUT2D eigenvalue weighted by atomic mass is 10.1. The third-order valence-corrected chi connectivity index (χ3v) is 3.99. The van der Waals surface area contributed by atoms with E-state index in [2.05, 4.69) is 39.0 Å². The molecule has 1 aromatic rings. The van der Waals surface area contributed by atoms with Gasteiger partial charge in [-0.15, -0.1) is 0 Å². The molecule has 1 unspecified atom stereocenters. The molecule has 0 spiro atoms. The summed E-state index contributed by atoms with van der Waals surface area (Å²) in [4.78, 5) is 0. The van der Waals surface area contributed by atoms with Crippen LogP contribution in [-0.2, 0) is 10.0 Å². The molecule has 1 rings (SSSR count). The van der Waals surface area contributed by atoms with Gasteiger partial charge >= 0.3 is 0 Å². The summed E-state index contributed by atoms with van der Waals surface area (Å²) < 4.78 is 25.3. The molecule has 0 bridgehead atoms. The van der Waals surface area contributed by atoms with Crippen molar-refractivity contribution in [3.8, 4) is 0 Å². The molecule has 1 atom stereocenters. The lowest BCUT2D eigenvalue weighted by Crippen LogP contribution is -2.27. The largest absolute Gasteiger partial charge is 0.310 e. The first kappa shape index (κ1) is 15.6. The van der Waals surface area contributed by atoms with E-state index >= 15 is 0 Å². The summed E-state index contributed by atoms with van der Waals surface area (Å²) in [7, 11) is -3.07. The lowest BCUT2D eigenvalue weighted by molar-refractivity contribution is 0.547. The fourth-order valence-electron chi connectivity index (χ4n) is 1.60. The SMILES string of the molecule is CC(NCCCNS(C)(=O)=O)c1ccccc1Br. The molecule has 4 nitrogen and oxygen atoms in total. The van der Waals surface area contributed by atoms with Gasteiger partial charge in [-0.05, 0) is 31.5 Å². The molecule has 0 heterocycles. The van der Waals surface area contributed by atoms with Crippen molar-refractivity contribution in [3.05, 3.63) is 34.3 Å². The fraction of sp³-hybridized carbons (Fsp3) is 0.500. The zero-order chi connectivity index (χ0) is 13.6. The van der Waals surface area contributed by atoms with Crippen LogP contribution >= 0.6 is 15.9 Å². The Hall–Kier alpha value is -0.430. The van der Waals surface area contributed by atoms with Crippen molar-refractivity contribution in [1.29, 1.82) is 0 Å². The van der Waals surface area contributed by atoms with Crippen LogP contribution in [0.3, 0.4) is 0 Å². The molecule has 102 valence electrons. The summed E-state index contributed by atoms with van der Waals surface area (Å²) in [5, 5.41) is 3.36. The fourth-order valence-corrected chi connectivity index (χ4v) is 2.74. The predicted octanol–water partition coefficient (Wildman–Crippen LogP) is 2.04. The summed E-state index contributed by atoms with van der Waals surface area (Å²) >= 11 is 3.51. The van der Waals surface area contributed by atoms with Gasteiger partial charge in [-0.1, -0.05) is 34.1 Å². The van der Waals surface area contributed by atoms with Gasteiger partial charge in [-0.3, -0.25) is 0 Å². The molecule has 1 aromatic carbocycles. The van der Waals surface area contributed by atoms with Gasteiger partial charge in [0.25, 0.3) is 0 Å². The first-order chi connectivity index (χ1) is 8.40. The highest BCUT2D eigenvalue weighted by molar-refractivity contribution is 9.10. The van der Waals surface area contributed by atoms with Gasteiger partial charge in [-0.2, -0.15) is 0 Å². The van der Waals surface area contributed by atoms with Gasteiger partial charge in [0.15, 0.2) is 0 Å². The molecule has 0 aliphatic heterocycles. The van der Waals surface area contributed by atoms with Crippen molar-refractivity contribution >= 4 is 26.0 Å². The topological polar surface area (TPSA) is 58.2 Å². The van der Waals surface area contributed by atoms with E-state index in [0.29, 0.717) is 6.54 Å². The van der Waals surface area contributed by atoms with Gasteiger partial charge in [0.2, 0.25) is 10.0 Å². The zero-order valence-electron chi connectivity index (χ0n) is 10.6. The van der Waals surface area contributed by atoms with Gasteiger partial charge < -0.3 is 5.32 Å². The van der Waals surface area contributed by atoms with Crippen LogP contribution in [0.15, 0.2) is 28.7 Å². The normalized spacial score (nSPS) is 13.5. The molecule has 0 amide bonds. The Labute approximate surface area is 117 Å². The standard InChI is InChI=1S/C12H19BrN2O2S/c1-10(11-6-3-4-7-12(11)13)14-8-5-9-15-18(2,16)17/h3-4,6-7,10,14-15H,5,8-9H2,1-2H3. The van der Waals surface area contributed by atoms with Crippen LogP contribution in [0.4, 0.5) is 0 Å². The van der Waals surface area contributed by atoms with E-state index in [1.54, 1.807) is 0 Å². The minimum atomic E-state index is -3.07. The second kappa shape index (κ2) is 7.23. The maximum atomic E-state index is 10.9. The Kier molecular flexibility index (Phi) is 6.28. The summed E-state index contributed by atoms with van der Waals surface area (Å²) in [6, 6.07) is 8.30. The summed E-state index contributed by atoms with van der Waals surface area (Å²) in [5.74, 6) is 0. The van der Waals surface area contributed by atoms with Crippen LogP contribution in [0.25, 0.3) is 0 Å². The summed E-state index contributed by atoms with van der Waals surface area (Å²) in [6.45, 7) is 3.32. The summed E-state index contributed by atoms with van der Waals surface area (Å²) in [6.07, 6.45) is 1.94. The molecular weight excluding hydrogens is 316 g/mol. The average Bonchev–Trinajstić information content (AvgIpc) is 2.27. The van der Waals surface area contributed by atoms with E-state index in [0.717, 1.165) is 17.4 Å². The number of rotatable bonds is 7. The van der Waals surface area contributed by atoms with Crippen LogP contribution < -0.4 is 10.0 Å². The van der Waals surface area contributed by atoms with Crippen molar-refractivity contribution in [3.63, 3.8) is 0 Å². The lowest BCUT2D eigenvalue weighted by Gasteiger charge is -2.15. The molecule has 6 heteroatoms. The number of sulfonamides is 1. The monoisotopic (exact) mass is 334 g/mol. The predicted molar refractivity (Wildman–Crippen MR) is 78.0 cm³/mol. The Balaban J connectivity index is 2.30. The molecule has 0 saturated heterocycles. The zero-order valence-corrected chi connectivity index (χ0v) is 13.0. The first-order valence-corrected chi connectivity index (χ1v) is 8.51. The van der Waals surface area contributed by atoms with Gasteiger partial charge in [0.05, 0.1) is 6.26 Å². The third kappa shape index (κ3) is 5.95. The minimum Gasteiger partial charge on any atom is -0.310 e. The van der Waals surface area contributed by atoms with Crippen LogP contribution in [0, 0.1) is 0 Å². The number of hydrogen-bond acceptors (Lipinski definition) is 3. The third-order valence-electron chi connectivity index (χ3n) is 2.54. The average molecular weight is 335 g/mol. The van der Waals surface area contributed by atoms with Crippen molar-refractivity contribution in [2.75, 3.05) is 19.3 Å². The van der Waals surface area contributed by atoms with Crippen LogP contribution in [0.5, 0.6) is 0 Å². The summed E-state index contributed by atoms with van der Waals surface area (Å²) in [5.41, 5.74) is 1.20.